The molecule has 0 radical (unpaired) electrons. The summed E-state index contributed by atoms with van der Waals surface area (Å²) in [5.41, 5.74) is 1.30. The molecule has 0 aliphatic carbocycles. The predicted molar refractivity (Wildman–Crippen MR) is 68.6 cm³/mol. The number of benzene rings is 2. The Balaban J connectivity index is 2.20. The third-order valence-electron chi connectivity index (χ3n) is 2.39. The molecule has 3 nitrogen and oxygen atoms in total. The number of nitrogens with zero attached hydrogens (tertiary/aromatic N) is 1. The van der Waals surface area contributed by atoms with Crippen LogP contribution >= 0.6 is 11.6 Å². The Kier molecular flexibility index (Phi) is 3.83. The van der Waals surface area contributed by atoms with Crippen LogP contribution in [-0.4, -0.2) is 5.11 Å². The average molecular weight is 260 g/mol. The van der Waals surface area contributed by atoms with E-state index in [1.165, 1.54) is 0 Å². The molecule has 0 aliphatic rings. The fourth-order valence-electron chi connectivity index (χ4n) is 1.45. The van der Waals surface area contributed by atoms with Crippen molar-refractivity contribution in [1.82, 2.24) is 0 Å². The van der Waals surface area contributed by atoms with Gasteiger partial charge in [-0.05, 0) is 42.0 Å². The first-order valence-electron chi connectivity index (χ1n) is 5.30. The number of hydrogen-bond acceptors (Lipinski definition) is 3. The maximum absolute atomic E-state index is 8.97. The zero-order chi connectivity index (χ0) is 13.0. The van der Waals surface area contributed by atoms with Crippen molar-refractivity contribution in [3.63, 3.8) is 0 Å². The second kappa shape index (κ2) is 5.54. The van der Waals surface area contributed by atoms with Gasteiger partial charge >= 0.3 is 0 Å². The van der Waals surface area contributed by atoms with Gasteiger partial charge < -0.3 is 9.84 Å². The Bertz CT molecular complexity index is 588. The highest BCUT2D eigenvalue weighted by Crippen LogP contribution is 2.30. The van der Waals surface area contributed by atoms with Crippen molar-refractivity contribution in [3.05, 3.63) is 58.6 Å². The Morgan fingerprint density at radius 2 is 1.89 bits per heavy atom. The van der Waals surface area contributed by atoms with Crippen molar-refractivity contribution in [1.29, 1.82) is 5.26 Å². The Labute approximate surface area is 110 Å². The normalized spacial score (nSPS) is 9.83. The minimum absolute atomic E-state index is 0.0587. The van der Waals surface area contributed by atoms with Crippen LogP contribution in [0.4, 0.5) is 0 Å². The first-order chi connectivity index (χ1) is 8.72. The molecule has 0 amide bonds. The highest BCUT2D eigenvalue weighted by molar-refractivity contribution is 6.32. The van der Waals surface area contributed by atoms with Crippen molar-refractivity contribution >= 4 is 11.6 Å². The van der Waals surface area contributed by atoms with Crippen LogP contribution in [-0.2, 0) is 6.61 Å². The van der Waals surface area contributed by atoms with Gasteiger partial charge in [-0.1, -0.05) is 17.7 Å². The molecule has 0 atom stereocenters. The van der Waals surface area contributed by atoms with E-state index in [-0.39, 0.29) is 6.61 Å². The van der Waals surface area contributed by atoms with Crippen LogP contribution in [0.25, 0.3) is 0 Å². The molecule has 2 aromatic carbocycles. The third-order valence-corrected chi connectivity index (χ3v) is 2.69. The summed E-state index contributed by atoms with van der Waals surface area (Å²) in [5.74, 6) is 1.12. The molecule has 0 saturated heterocycles. The van der Waals surface area contributed by atoms with E-state index in [2.05, 4.69) is 0 Å². The largest absolute Gasteiger partial charge is 0.456 e. The van der Waals surface area contributed by atoms with Gasteiger partial charge in [0.1, 0.15) is 11.5 Å². The van der Waals surface area contributed by atoms with Crippen molar-refractivity contribution in [2.24, 2.45) is 0 Å². The van der Waals surface area contributed by atoms with Crippen LogP contribution in [0.5, 0.6) is 11.5 Å². The van der Waals surface area contributed by atoms with Crippen LogP contribution in [0.3, 0.4) is 0 Å². The van der Waals surface area contributed by atoms with Crippen molar-refractivity contribution in [3.8, 4) is 17.6 Å². The molecular formula is C14H10ClNO2. The van der Waals surface area contributed by atoms with Gasteiger partial charge in [-0.2, -0.15) is 5.26 Å². The summed E-state index contributed by atoms with van der Waals surface area (Å²) in [6, 6.07) is 13.9. The monoisotopic (exact) mass is 259 g/mol. The Hall–Kier alpha value is -2.02. The Morgan fingerprint density at radius 3 is 2.44 bits per heavy atom. The molecule has 1 N–H and O–H groups in total. The highest BCUT2D eigenvalue weighted by atomic mass is 35.5. The summed E-state index contributed by atoms with van der Waals surface area (Å²) in [5, 5.41) is 18.1. The minimum atomic E-state index is -0.0587. The van der Waals surface area contributed by atoms with E-state index in [1.54, 1.807) is 42.5 Å². The summed E-state index contributed by atoms with van der Waals surface area (Å²) < 4.78 is 5.59. The SMILES string of the molecule is N#Cc1ccc(Oc2ccc(CO)cc2Cl)cc1. The van der Waals surface area contributed by atoms with Crippen LogP contribution < -0.4 is 4.74 Å². The lowest BCUT2D eigenvalue weighted by Gasteiger charge is -2.08. The number of nitriles is 1. The van der Waals surface area contributed by atoms with E-state index in [1.807, 2.05) is 6.07 Å². The molecular weight excluding hydrogens is 250 g/mol. The molecule has 0 bridgehead atoms. The molecule has 18 heavy (non-hydrogen) atoms. The lowest BCUT2D eigenvalue weighted by molar-refractivity contribution is 0.281. The minimum Gasteiger partial charge on any atom is -0.456 e. The molecule has 90 valence electrons. The van der Waals surface area contributed by atoms with E-state index >= 15 is 0 Å². The first-order valence-corrected chi connectivity index (χ1v) is 5.68. The molecule has 0 fully saturated rings. The molecule has 0 saturated carbocycles. The van der Waals surface area contributed by atoms with Gasteiger partial charge in [0.25, 0.3) is 0 Å². The van der Waals surface area contributed by atoms with Gasteiger partial charge in [-0.3, -0.25) is 0 Å². The molecule has 0 aliphatic heterocycles. The van der Waals surface area contributed by atoms with Crippen LogP contribution in [0.15, 0.2) is 42.5 Å². The topological polar surface area (TPSA) is 53.2 Å². The summed E-state index contributed by atoms with van der Waals surface area (Å²) in [4.78, 5) is 0. The number of aliphatic hydroxyl groups is 1. The third kappa shape index (κ3) is 2.80. The van der Waals surface area contributed by atoms with Gasteiger partial charge in [-0.25, -0.2) is 0 Å². The number of rotatable bonds is 3. The highest BCUT2D eigenvalue weighted by Gasteiger charge is 2.04. The quantitative estimate of drug-likeness (QED) is 0.918. The lowest BCUT2D eigenvalue weighted by atomic mass is 10.2. The molecule has 0 heterocycles. The summed E-state index contributed by atoms with van der Waals surface area (Å²) in [7, 11) is 0. The maximum Gasteiger partial charge on any atom is 0.146 e. The molecule has 2 rings (SSSR count). The molecule has 0 spiro atoms. The van der Waals surface area contributed by atoms with E-state index in [4.69, 9.17) is 26.7 Å². The smallest absolute Gasteiger partial charge is 0.146 e. The van der Waals surface area contributed by atoms with E-state index in [9.17, 15) is 0 Å². The van der Waals surface area contributed by atoms with Crippen LogP contribution in [0.2, 0.25) is 5.02 Å². The summed E-state index contributed by atoms with van der Waals surface area (Å²) >= 11 is 6.03. The van der Waals surface area contributed by atoms with E-state index in [0.717, 1.165) is 5.56 Å². The second-order valence-electron chi connectivity index (χ2n) is 3.66. The number of halogens is 1. The predicted octanol–water partition coefficient (Wildman–Crippen LogP) is 3.50. The first kappa shape index (κ1) is 12.4. The van der Waals surface area contributed by atoms with Gasteiger partial charge in [0.15, 0.2) is 0 Å². The molecule has 2 aromatic rings. The summed E-state index contributed by atoms with van der Waals surface area (Å²) in [6.45, 7) is -0.0587. The van der Waals surface area contributed by atoms with Crippen LogP contribution in [0.1, 0.15) is 11.1 Å². The molecule has 0 aromatic heterocycles. The van der Waals surface area contributed by atoms with Crippen molar-refractivity contribution in [2.45, 2.75) is 6.61 Å². The number of aliphatic hydroxyl groups excluding tert-OH is 1. The summed E-state index contributed by atoms with van der Waals surface area (Å²) in [6.07, 6.45) is 0. The standard InChI is InChI=1S/C14H10ClNO2/c15-13-7-11(9-17)3-6-14(13)18-12-4-1-10(8-16)2-5-12/h1-7,17H,9H2. The van der Waals surface area contributed by atoms with Crippen molar-refractivity contribution < 1.29 is 9.84 Å². The lowest BCUT2D eigenvalue weighted by Crippen LogP contribution is -1.88. The van der Waals surface area contributed by atoms with Gasteiger partial charge in [0.2, 0.25) is 0 Å². The number of ether oxygens (including phenoxy) is 1. The van der Waals surface area contributed by atoms with Crippen LogP contribution in [0, 0.1) is 11.3 Å². The van der Waals surface area contributed by atoms with E-state index in [0.29, 0.717) is 22.1 Å². The fourth-order valence-corrected chi connectivity index (χ4v) is 1.69. The Morgan fingerprint density at radius 1 is 1.17 bits per heavy atom. The second-order valence-corrected chi connectivity index (χ2v) is 4.07. The fraction of sp³-hybridized carbons (Fsp3) is 0.0714. The van der Waals surface area contributed by atoms with Gasteiger partial charge in [-0.15, -0.1) is 0 Å². The van der Waals surface area contributed by atoms with E-state index < -0.39 is 0 Å². The average Bonchev–Trinajstić information content (AvgIpc) is 2.42. The van der Waals surface area contributed by atoms with Gasteiger partial charge in [0, 0.05) is 0 Å². The molecule has 0 unspecified atom stereocenters. The van der Waals surface area contributed by atoms with Crippen molar-refractivity contribution in [2.75, 3.05) is 0 Å². The number of hydrogen-bond donors (Lipinski definition) is 1. The zero-order valence-corrected chi connectivity index (χ0v) is 10.2. The molecule has 4 heteroatoms. The maximum atomic E-state index is 8.97. The van der Waals surface area contributed by atoms with Gasteiger partial charge in [0.05, 0.1) is 23.3 Å². The zero-order valence-electron chi connectivity index (χ0n) is 9.43.